The molecule has 84 valence electrons. The molecule has 0 aliphatic carbocycles. The number of primary sulfonamides is 1. The zero-order chi connectivity index (χ0) is 11.8. The number of carbonyl (C=O) groups excluding carboxylic acids is 1. The number of hydrogen-bond acceptors (Lipinski definition) is 5. The van der Waals surface area contributed by atoms with E-state index in [9.17, 15) is 13.2 Å². The van der Waals surface area contributed by atoms with E-state index in [4.69, 9.17) is 5.14 Å². The highest BCUT2D eigenvalue weighted by Gasteiger charge is 2.20. The standard InChI is InChI=1S/C7H11N3O3S2/c1-4-6(15(8,12)13)14-7(9-4)10(3)5(2)11/h1-3H3,(H2,8,12,13). The van der Waals surface area contributed by atoms with E-state index in [0.29, 0.717) is 10.8 Å². The van der Waals surface area contributed by atoms with Crippen LogP contribution in [0.5, 0.6) is 0 Å². The lowest BCUT2D eigenvalue weighted by Crippen LogP contribution is -2.22. The zero-order valence-electron chi connectivity index (χ0n) is 8.51. The summed E-state index contributed by atoms with van der Waals surface area (Å²) in [5, 5.41) is 5.31. The SMILES string of the molecule is CC(=O)N(C)c1nc(C)c(S(N)(=O)=O)s1. The number of hydrogen-bond donors (Lipinski definition) is 1. The highest BCUT2D eigenvalue weighted by Crippen LogP contribution is 2.28. The first kappa shape index (κ1) is 12.1. The van der Waals surface area contributed by atoms with Crippen LogP contribution >= 0.6 is 11.3 Å². The van der Waals surface area contributed by atoms with Crippen molar-refractivity contribution < 1.29 is 13.2 Å². The number of sulfonamides is 1. The van der Waals surface area contributed by atoms with Gasteiger partial charge in [0, 0.05) is 14.0 Å². The smallest absolute Gasteiger partial charge is 0.249 e. The predicted molar refractivity (Wildman–Crippen MR) is 57.3 cm³/mol. The number of carbonyl (C=O) groups is 1. The molecular formula is C7H11N3O3S2. The van der Waals surface area contributed by atoms with Gasteiger partial charge in [0.2, 0.25) is 15.9 Å². The molecule has 0 radical (unpaired) electrons. The molecule has 0 unspecified atom stereocenters. The lowest BCUT2D eigenvalue weighted by molar-refractivity contribution is -0.116. The largest absolute Gasteiger partial charge is 0.291 e. The van der Waals surface area contributed by atoms with Crippen LogP contribution in [0.25, 0.3) is 0 Å². The van der Waals surface area contributed by atoms with Crippen LogP contribution in [-0.2, 0) is 14.8 Å². The van der Waals surface area contributed by atoms with Crippen molar-refractivity contribution in [3.05, 3.63) is 5.69 Å². The number of thiazole rings is 1. The first-order valence-corrected chi connectivity index (χ1v) is 6.34. The van der Waals surface area contributed by atoms with Crippen LogP contribution in [0.4, 0.5) is 5.13 Å². The van der Waals surface area contributed by atoms with Crippen molar-refractivity contribution in [2.24, 2.45) is 5.14 Å². The van der Waals surface area contributed by atoms with E-state index < -0.39 is 10.0 Å². The lowest BCUT2D eigenvalue weighted by atomic mass is 10.6. The molecule has 0 bridgehead atoms. The van der Waals surface area contributed by atoms with Crippen molar-refractivity contribution in [1.29, 1.82) is 0 Å². The van der Waals surface area contributed by atoms with Gasteiger partial charge in [0.25, 0.3) is 0 Å². The molecule has 0 aliphatic rings. The maximum absolute atomic E-state index is 11.1. The number of aromatic nitrogens is 1. The molecule has 0 fully saturated rings. The molecule has 1 amide bonds. The van der Waals surface area contributed by atoms with Gasteiger partial charge in [0.15, 0.2) is 9.34 Å². The summed E-state index contributed by atoms with van der Waals surface area (Å²) in [5.41, 5.74) is 0.311. The molecule has 0 spiro atoms. The van der Waals surface area contributed by atoms with E-state index in [2.05, 4.69) is 4.98 Å². The van der Waals surface area contributed by atoms with E-state index >= 15 is 0 Å². The van der Waals surface area contributed by atoms with E-state index in [0.717, 1.165) is 11.3 Å². The Kier molecular flexibility index (Phi) is 3.12. The third-order valence-electron chi connectivity index (χ3n) is 1.76. The van der Waals surface area contributed by atoms with Gasteiger partial charge in [-0.1, -0.05) is 11.3 Å². The number of rotatable bonds is 2. The Labute approximate surface area is 91.8 Å². The monoisotopic (exact) mass is 249 g/mol. The van der Waals surface area contributed by atoms with Crippen LogP contribution in [-0.4, -0.2) is 26.4 Å². The van der Waals surface area contributed by atoms with Crippen LogP contribution in [0.2, 0.25) is 0 Å². The Bertz CT molecular complexity index is 492. The normalized spacial score (nSPS) is 11.5. The second-order valence-corrected chi connectivity index (χ2v) is 5.73. The van der Waals surface area contributed by atoms with Crippen molar-refractivity contribution in [2.45, 2.75) is 18.1 Å². The van der Waals surface area contributed by atoms with Crippen LogP contribution in [0.1, 0.15) is 12.6 Å². The quantitative estimate of drug-likeness (QED) is 0.803. The maximum Gasteiger partial charge on any atom is 0.249 e. The second kappa shape index (κ2) is 3.87. The Balaban J connectivity index is 3.23. The molecule has 1 heterocycles. The van der Waals surface area contributed by atoms with E-state index in [1.807, 2.05) is 0 Å². The fourth-order valence-corrected chi connectivity index (χ4v) is 2.86. The van der Waals surface area contributed by atoms with Gasteiger partial charge in [-0.3, -0.25) is 9.69 Å². The average Bonchev–Trinajstić information content (AvgIpc) is 2.44. The Hall–Kier alpha value is -0.990. The summed E-state index contributed by atoms with van der Waals surface area (Å²) >= 11 is 0.884. The van der Waals surface area contributed by atoms with Crippen LogP contribution < -0.4 is 10.0 Å². The number of anilines is 1. The fourth-order valence-electron chi connectivity index (χ4n) is 0.911. The molecule has 0 atom stereocenters. The van der Waals surface area contributed by atoms with Gasteiger partial charge >= 0.3 is 0 Å². The third kappa shape index (κ3) is 2.52. The van der Waals surface area contributed by atoms with Crippen LogP contribution in [0, 0.1) is 6.92 Å². The Morgan fingerprint density at radius 1 is 1.53 bits per heavy atom. The number of aryl methyl sites for hydroxylation is 1. The summed E-state index contributed by atoms with van der Waals surface area (Å²) in [6.45, 7) is 2.90. The molecule has 1 aromatic heterocycles. The summed E-state index contributed by atoms with van der Waals surface area (Å²) in [6.07, 6.45) is 0. The maximum atomic E-state index is 11.1. The number of nitrogens with zero attached hydrogens (tertiary/aromatic N) is 2. The Morgan fingerprint density at radius 2 is 2.07 bits per heavy atom. The molecule has 6 nitrogen and oxygen atoms in total. The van der Waals surface area contributed by atoms with Gasteiger partial charge in [-0.2, -0.15) is 0 Å². The molecule has 2 N–H and O–H groups in total. The lowest BCUT2D eigenvalue weighted by Gasteiger charge is -2.09. The van der Waals surface area contributed by atoms with Gasteiger partial charge < -0.3 is 0 Å². The average molecular weight is 249 g/mol. The molecule has 1 rings (SSSR count). The zero-order valence-corrected chi connectivity index (χ0v) is 10.1. The molecule has 15 heavy (non-hydrogen) atoms. The number of amides is 1. The van der Waals surface area contributed by atoms with E-state index in [1.54, 1.807) is 0 Å². The molecule has 0 aliphatic heterocycles. The molecule has 0 saturated heterocycles. The molecule has 1 aromatic rings. The minimum Gasteiger partial charge on any atom is -0.291 e. The molecular weight excluding hydrogens is 238 g/mol. The summed E-state index contributed by atoms with van der Waals surface area (Å²) in [7, 11) is -2.23. The van der Waals surface area contributed by atoms with Gasteiger partial charge in [-0.05, 0) is 6.92 Å². The minimum absolute atomic E-state index is 0.00870. The second-order valence-electron chi connectivity index (χ2n) is 2.99. The van der Waals surface area contributed by atoms with Crippen molar-refractivity contribution >= 4 is 32.4 Å². The fraction of sp³-hybridized carbons (Fsp3) is 0.429. The van der Waals surface area contributed by atoms with Crippen LogP contribution in [0.15, 0.2) is 4.21 Å². The molecule has 0 saturated carbocycles. The summed E-state index contributed by atoms with van der Waals surface area (Å²) in [5.74, 6) is -0.218. The number of nitrogens with two attached hydrogens (primary N) is 1. The highest BCUT2D eigenvalue weighted by atomic mass is 32.2. The van der Waals surface area contributed by atoms with Crippen LogP contribution in [0.3, 0.4) is 0 Å². The van der Waals surface area contributed by atoms with E-state index in [-0.39, 0.29) is 10.1 Å². The van der Waals surface area contributed by atoms with E-state index in [1.165, 1.54) is 25.8 Å². The van der Waals surface area contributed by atoms with Crippen molar-refractivity contribution in [2.75, 3.05) is 11.9 Å². The predicted octanol–water partition coefficient (Wildman–Crippen LogP) is 0.0816. The topological polar surface area (TPSA) is 93.4 Å². The van der Waals surface area contributed by atoms with Crippen molar-refractivity contribution in [1.82, 2.24) is 4.98 Å². The first-order chi connectivity index (χ1) is 6.73. The van der Waals surface area contributed by atoms with Crippen molar-refractivity contribution in [3.8, 4) is 0 Å². The first-order valence-electron chi connectivity index (χ1n) is 3.98. The summed E-state index contributed by atoms with van der Waals surface area (Å²) < 4.78 is 22.2. The minimum atomic E-state index is -3.75. The molecule has 0 aromatic carbocycles. The summed E-state index contributed by atoms with van der Waals surface area (Å²) in [4.78, 5) is 16.3. The highest BCUT2D eigenvalue weighted by molar-refractivity contribution is 7.91. The van der Waals surface area contributed by atoms with Crippen molar-refractivity contribution in [3.63, 3.8) is 0 Å². The van der Waals surface area contributed by atoms with Gasteiger partial charge in [0.1, 0.15) is 0 Å². The van der Waals surface area contributed by atoms with Gasteiger partial charge in [0.05, 0.1) is 5.69 Å². The Morgan fingerprint density at radius 3 is 2.40 bits per heavy atom. The third-order valence-corrected chi connectivity index (χ3v) is 4.55. The van der Waals surface area contributed by atoms with Gasteiger partial charge in [-0.15, -0.1) is 0 Å². The summed E-state index contributed by atoms with van der Waals surface area (Å²) in [6, 6.07) is 0. The van der Waals surface area contributed by atoms with Gasteiger partial charge in [-0.25, -0.2) is 18.5 Å². The molecule has 8 heteroatoms.